The van der Waals surface area contributed by atoms with Crippen LogP contribution in [-0.4, -0.2) is 23.4 Å². The van der Waals surface area contributed by atoms with Crippen LogP contribution in [0.25, 0.3) is 11.3 Å². The second kappa shape index (κ2) is 8.12. The van der Waals surface area contributed by atoms with Gasteiger partial charge in [0.2, 0.25) is 0 Å². The molecule has 2 aromatic rings. The van der Waals surface area contributed by atoms with Crippen molar-refractivity contribution >= 4 is 11.6 Å². The van der Waals surface area contributed by atoms with E-state index in [1.165, 1.54) is 0 Å². The van der Waals surface area contributed by atoms with Crippen LogP contribution in [0.5, 0.6) is 5.75 Å². The quantitative estimate of drug-likeness (QED) is 0.628. The van der Waals surface area contributed by atoms with Crippen LogP contribution in [0, 0.1) is 5.92 Å². The molecule has 1 N–H and O–H groups in total. The van der Waals surface area contributed by atoms with Gasteiger partial charge in [-0.1, -0.05) is 31.1 Å². The molecule has 0 atom stereocenters. The number of nitrogens with zero attached hydrogens (tertiary/aromatic N) is 2. The molecule has 0 aliphatic heterocycles. The van der Waals surface area contributed by atoms with E-state index in [-0.39, 0.29) is 12.5 Å². The Morgan fingerprint density at radius 1 is 1.35 bits per heavy atom. The van der Waals surface area contributed by atoms with E-state index >= 15 is 0 Å². The average Bonchev–Trinajstić information content (AvgIpc) is 3.05. The van der Waals surface area contributed by atoms with Crippen LogP contribution in [-0.2, 0) is 4.79 Å². The summed E-state index contributed by atoms with van der Waals surface area (Å²) in [6, 6.07) is 9.06. The molecule has 0 saturated heterocycles. The molecule has 6 nitrogen and oxygen atoms in total. The number of benzene rings is 1. The Morgan fingerprint density at radius 2 is 2.13 bits per heavy atom. The lowest BCUT2D eigenvalue weighted by atomic mass is 10.1. The zero-order valence-corrected chi connectivity index (χ0v) is 13.6. The van der Waals surface area contributed by atoms with E-state index in [1.54, 1.807) is 18.3 Å². The van der Waals surface area contributed by atoms with Gasteiger partial charge < -0.3 is 9.26 Å². The smallest absolute Gasteiger partial charge is 0.277 e. The number of ether oxygens (including phenoxy) is 1. The first kappa shape index (κ1) is 16.7. The molecule has 0 spiro atoms. The highest BCUT2D eigenvalue weighted by Gasteiger charge is 2.10. The standard InChI is InChI=1S/C17H21N3O3/c1-12(2)10-13(3)19-20-17(21)11-22-15-7-5-4-6-14(15)16-8-9-18-23-16/h4-9,12H,10-11H2,1-3H3,(H,20,21)/b19-13-. The molecule has 6 heteroatoms. The summed E-state index contributed by atoms with van der Waals surface area (Å²) < 4.78 is 10.7. The number of hydrogen-bond donors (Lipinski definition) is 1. The minimum atomic E-state index is -0.305. The number of amides is 1. The number of carbonyl (C=O) groups is 1. The third-order valence-corrected chi connectivity index (χ3v) is 3.02. The Bertz CT molecular complexity index is 663. The van der Waals surface area contributed by atoms with Crippen molar-refractivity contribution in [3.8, 4) is 17.1 Å². The lowest BCUT2D eigenvalue weighted by molar-refractivity contribution is -0.123. The van der Waals surface area contributed by atoms with E-state index in [9.17, 15) is 4.79 Å². The molecule has 0 fully saturated rings. The maximum absolute atomic E-state index is 11.8. The predicted molar refractivity (Wildman–Crippen MR) is 88.1 cm³/mol. The van der Waals surface area contributed by atoms with Crippen LogP contribution in [0.2, 0.25) is 0 Å². The SMILES string of the molecule is C/C(CC(C)C)=N/NC(=O)COc1ccccc1-c1ccno1. The molecule has 1 amide bonds. The number of aromatic nitrogens is 1. The van der Waals surface area contributed by atoms with E-state index in [4.69, 9.17) is 9.26 Å². The van der Waals surface area contributed by atoms with Crippen molar-refractivity contribution in [3.63, 3.8) is 0 Å². The average molecular weight is 315 g/mol. The minimum absolute atomic E-state index is 0.121. The van der Waals surface area contributed by atoms with Gasteiger partial charge in [-0.05, 0) is 31.4 Å². The molecule has 0 aliphatic rings. The number of carbonyl (C=O) groups excluding carboxylic acids is 1. The summed E-state index contributed by atoms with van der Waals surface area (Å²) in [6.45, 7) is 5.97. The fourth-order valence-electron chi connectivity index (χ4n) is 2.12. The van der Waals surface area contributed by atoms with Crippen LogP contribution in [0.3, 0.4) is 0 Å². The number of rotatable bonds is 7. The first-order chi connectivity index (χ1) is 11.1. The summed E-state index contributed by atoms with van der Waals surface area (Å²) in [5.74, 6) is 1.34. The summed E-state index contributed by atoms with van der Waals surface area (Å²) in [6.07, 6.45) is 2.40. The molecule has 1 aromatic carbocycles. The highest BCUT2D eigenvalue weighted by Crippen LogP contribution is 2.29. The largest absolute Gasteiger partial charge is 0.483 e. The van der Waals surface area contributed by atoms with Crippen molar-refractivity contribution in [2.24, 2.45) is 11.0 Å². The highest BCUT2D eigenvalue weighted by atomic mass is 16.5. The van der Waals surface area contributed by atoms with Crippen molar-refractivity contribution in [1.82, 2.24) is 10.6 Å². The van der Waals surface area contributed by atoms with E-state index in [1.807, 2.05) is 25.1 Å². The van der Waals surface area contributed by atoms with Gasteiger partial charge in [0.1, 0.15) is 5.75 Å². The number of hydrogen-bond acceptors (Lipinski definition) is 5. The third-order valence-electron chi connectivity index (χ3n) is 3.02. The minimum Gasteiger partial charge on any atom is -0.483 e. The van der Waals surface area contributed by atoms with Gasteiger partial charge >= 0.3 is 0 Å². The molecule has 0 aliphatic carbocycles. The van der Waals surface area contributed by atoms with E-state index < -0.39 is 0 Å². The van der Waals surface area contributed by atoms with Crippen molar-refractivity contribution in [3.05, 3.63) is 36.5 Å². The second-order valence-electron chi connectivity index (χ2n) is 5.64. The van der Waals surface area contributed by atoms with Crippen LogP contribution >= 0.6 is 0 Å². The van der Waals surface area contributed by atoms with Gasteiger partial charge in [0.25, 0.3) is 5.91 Å². The highest BCUT2D eigenvalue weighted by molar-refractivity contribution is 5.85. The van der Waals surface area contributed by atoms with E-state index in [0.717, 1.165) is 17.7 Å². The Kier molecular flexibility index (Phi) is 5.91. The van der Waals surface area contributed by atoms with Gasteiger partial charge in [0.15, 0.2) is 12.4 Å². The van der Waals surface area contributed by atoms with E-state index in [2.05, 4.69) is 29.5 Å². The van der Waals surface area contributed by atoms with Gasteiger partial charge in [0, 0.05) is 11.8 Å². The fourth-order valence-corrected chi connectivity index (χ4v) is 2.12. The Hall–Kier alpha value is -2.63. The fraction of sp³-hybridized carbons (Fsp3) is 0.353. The molecule has 0 unspecified atom stereocenters. The van der Waals surface area contributed by atoms with Gasteiger partial charge in [0.05, 0.1) is 11.8 Å². The summed E-state index contributed by atoms with van der Waals surface area (Å²) in [7, 11) is 0. The van der Waals surface area contributed by atoms with Gasteiger partial charge in [-0.15, -0.1) is 0 Å². The molecular weight excluding hydrogens is 294 g/mol. The van der Waals surface area contributed by atoms with Crippen molar-refractivity contribution in [2.45, 2.75) is 27.2 Å². The molecule has 0 bridgehead atoms. The van der Waals surface area contributed by atoms with Crippen molar-refractivity contribution in [1.29, 1.82) is 0 Å². The van der Waals surface area contributed by atoms with E-state index in [0.29, 0.717) is 17.4 Å². The normalized spacial score (nSPS) is 11.6. The van der Waals surface area contributed by atoms with Crippen LogP contribution in [0.1, 0.15) is 27.2 Å². The molecule has 1 aromatic heterocycles. The molecule has 122 valence electrons. The zero-order chi connectivity index (χ0) is 16.7. The monoisotopic (exact) mass is 315 g/mol. The molecule has 23 heavy (non-hydrogen) atoms. The third kappa shape index (κ3) is 5.25. The lowest BCUT2D eigenvalue weighted by Crippen LogP contribution is -2.25. The summed E-state index contributed by atoms with van der Waals surface area (Å²) in [5.41, 5.74) is 4.13. The van der Waals surface area contributed by atoms with Crippen molar-refractivity contribution in [2.75, 3.05) is 6.61 Å². The molecule has 2 rings (SSSR count). The molecule has 1 heterocycles. The number of nitrogens with one attached hydrogen (secondary N) is 1. The first-order valence-electron chi connectivity index (χ1n) is 7.51. The van der Waals surface area contributed by atoms with Crippen LogP contribution < -0.4 is 10.2 Å². The summed E-state index contributed by atoms with van der Waals surface area (Å²) >= 11 is 0. The lowest BCUT2D eigenvalue weighted by Gasteiger charge is -2.09. The first-order valence-corrected chi connectivity index (χ1v) is 7.51. The van der Waals surface area contributed by atoms with Gasteiger partial charge in [-0.3, -0.25) is 4.79 Å². The molecule has 0 radical (unpaired) electrons. The molecular formula is C17H21N3O3. The maximum Gasteiger partial charge on any atom is 0.277 e. The van der Waals surface area contributed by atoms with Gasteiger partial charge in [-0.25, -0.2) is 5.43 Å². The van der Waals surface area contributed by atoms with Gasteiger partial charge in [-0.2, -0.15) is 5.10 Å². The Labute approximate surface area is 135 Å². The summed E-state index contributed by atoms with van der Waals surface area (Å²) in [4.78, 5) is 11.8. The number of hydrazone groups is 1. The van der Waals surface area contributed by atoms with Crippen LogP contribution in [0.4, 0.5) is 0 Å². The van der Waals surface area contributed by atoms with Crippen molar-refractivity contribution < 1.29 is 14.1 Å². The van der Waals surface area contributed by atoms with Crippen LogP contribution in [0.15, 0.2) is 46.2 Å². The molecule has 0 saturated carbocycles. The maximum atomic E-state index is 11.8. The number of para-hydroxylation sites is 1. The Balaban J connectivity index is 1.93. The predicted octanol–water partition coefficient (Wildman–Crippen LogP) is 3.26. The summed E-state index contributed by atoms with van der Waals surface area (Å²) in [5, 5.41) is 7.74. The zero-order valence-electron chi connectivity index (χ0n) is 13.6. The second-order valence-corrected chi connectivity index (χ2v) is 5.64. The Morgan fingerprint density at radius 3 is 2.83 bits per heavy atom. The topological polar surface area (TPSA) is 76.7 Å².